The Morgan fingerprint density at radius 1 is 0.912 bits per heavy atom. The second-order valence-corrected chi connectivity index (χ2v) is 8.18. The Morgan fingerprint density at radius 2 is 1.65 bits per heavy atom. The first kappa shape index (κ1) is 22.0. The van der Waals surface area contributed by atoms with Gasteiger partial charge in [0, 0.05) is 12.1 Å². The van der Waals surface area contributed by atoms with Gasteiger partial charge in [0.1, 0.15) is 5.75 Å². The minimum Gasteiger partial charge on any atom is -0.497 e. The zero-order valence-electron chi connectivity index (χ0n) is 19.5. The predicted molar refractivity (Wildman–Crippen MR) is 128 cm³/mol. The lowest BCUT2D eigenvalue weighted by atomic mass is 9.87. The van der Waals surface area contributed by atoms with Gasteiger partial charge in [-0.1, -0.05) is 35.5 Å². The second-order valence-electron chi connectivity index (χ2n) is 8.18. The van der Waals surface area contributed by atoms with Gasteiger partial charge in [-0.25, -0.2) is 0 Å². The maximum Gasteiger partial charge on any atom is 0.241 e. The molecule has 0 unspecified atom stereocenters. The third-order valence-corrected chi connectivity index (χ3v) is 6.24. The van der Waals surface area contributed by atoms with E-state index in [1.165, 1.54) is 16.7 Å². The van der Waals surface area contributed by atoms with Crippen LogP contribution in [0.5, 0.6) is 17.2 Å². The normalized spacial score (nSPS) is 15.6. The summed E-state index contributed by atoms with van der Waals surface area (Å²) in [4.78, 5) is 7.04. The molecule has 5 rings (SSSR count). The lowest BCUT2D eigenvalue weighted by Crippen LogP contribution is -2.35. The molecule has 0 saturated heterocycles. The SMILES string of the molecule is COc1ccc(-c2noc(CN3CCc4cc(OC)c(OC)cc4[C@@H]3c3ccccc3)n2)cc1. The fraction of sp³-hybridized carbons (Fsp3) is 0.259. The second kappa shape index (κ2) is 9.57. The molecule has 0 saturated carbocycles. The molecule has 7 heteroatoms. The van der Waals surface area contributed by atoms with Gasteiger partial charge in [-0.15, -0.1) is 0 Å². The number of methoxy groups -OCH3 is 3. The van der Waals surface area contributed by atoms with Gasteiger partial charge >= 0.3 is 0 Å². The molecule has 0 N–H and O–H groups in total. The molecule has 0 fully saturated rings. The van der Waals surface area contributed by atoms with Crippen LogP contribution in [0.1, 0.15) is 28.6 Å². The molecule has 0 bridgehead atoms. The Morgan fingerprint density at radius 3 is 2.35 bits per heavy atom. The van der Waals surface area contributed by atoms with E-state index in [1.54, 1.807) is 21.3 Å². The van der Waals surface area contributed by atoms with E-state index in [0.29, 0.717) is 18.3 Å². The first-order chi connectivity index (χ1) is 16.7. The maximum absolute atomic E-state index is 5.65. The van der Waals surface area contributed by atoms with Gasteiger partial charge in [-0.2, -0.15) is 4.98 Å². The minimum atomic E-state index is 0.0288. The summed E-state index contributed by atoms with van der Waals surface area (Å²) in [5, 5.41) is 4.21. The van der Waals surface area contributed by atoms with Crippen molar-refractivity contribution in [2.24, 2.45) is 0 Å². The van der Waals surface area contributed by atoms with E-state index in [-0.39, 0.29) is 6.04 Å². The van der Waals surface area contributed by atoms with Crippen LogP contribution in [0.15, 0.2) is 71.3 Å². The minimum absolute atomic E-state index is 0.0288. The number of hydrogen-bond donors (Lipinski definition) is 0. The Labute approximate surface area is 198 Å². The fourth-order valence-corrected chi connectivity index (χ4v) is 4.54. The zero-order chi connectivity index (χ0) is 23.5. The lowest BCUT2D eigenvalue weighted by molar-refractivity contribution is 0.177. The highest BCUT2D eigenvalue weighted by molar-refractivity contribution is 5.55. The van der Waals surface area contributed by atoms with Gasteiger partial charge in [0.15, 0.2) is 11.5 Å². The summed E-state index contributed by atoms with van der Waals surface area (Å²) in [7, 11) is 4.98. The smallest absolute Gasteiger partial charge is 0.241 e. The molecule has 0 amide bonds. The molecular weight excluding hydrogens is 430 g/mol. The van der Waals surface area contributed by atoms with Crippen LogP contribution in [0.2, 0.25) is 0 Å². The number of fused-ring (bicyclic) bond motifs is 1. The van der Waals surface area contributed by atoms with E-state index < -0.39 is 0 Å². The molecule has 34 heavy (non-hydrogen) atoms. The third kappa shape index (κ3) is 4.22. The molecule has 1 aromatic heterocycles. The molecule has 1 aliphatic rings. The van der Waals surface area contributed by atoms with Crippen molar-refractivity contribution in [3.63, 3.8) is 0 Å². The van der Waals surface area contributed by atoms with Crippen molar-refractivity contribution in [3.8, 4) is 28.6 Å². The van der Waals surface area contributed by atoms with Crippen molar-refractivity contribution in [1.82, 2.24) is 15.0 Å². The van der Waals surface area contributed by atoms with Gasteiger partial charge < -0.3 is 18.7 Å². The van der Waals surface area contributed by atoms with Crippen molar-refractivity contribution in [2.75, 3.05) is 27.9 Å². The van der Waals surface area contributed by atoms with Gasteiger partial charge in [0.2, 0.25) is 11.7 Å². The van der Waals surface area contributed by atoms with Gasteiger partial charge in [0.25, 0.3) is 0 Å². The average molecular weight is 458 g/mol. The van der Waals surface area contributed by atoms with E-state index >= 15 is 0 Å². The van der Waals surface area contributed by atoms with Crippen molar-refractivity contribution in [2.45, 2.75) is 19.0 Å². The average Bonchev–Trinajstić information content (AvgIpc) is 3.36. The Hall–Kier alpha value is -3.84. The summed E-state index contributed by atoms with van der Waals surface area (Å²) >= 11 is 0. The summed E-state index contributed by atoms with van der Waals surface area (Å²) in [5.41, 5.74) is 4.54. The molecule has 1 atom stereocenters. The molecular formula is C27H27N3O4. The third-order valence-electron chi connectivity index (χ3n) is 6.24. The standard InChI is InChI=1S/C27H27N3O4/c1-31-21-11-9-19(10-12-21)27-28-25(34-29-27)17-30-14-13-20-15-23(32-2)24(33-3)16-22(20)26(30)18-7-5-4-6-8-18/h4-12,15-16,26H,13-14,17H2,1-3H3/t26-/m0/s1. The van der Waals surface area contributed by atoms with Gasteiger partial charge in [0.05, 0.1) is 33.9 Å². The largest absolute Gasteiger partial charge is 0.497 e. The van der Waals surface area contributed by atoms with Crippen molar-refractivity contribution < 1.29 is 18.7 Å². The molecule has 2 heterocycles. The summed E-state index contributed by atoms with van der Waals surface area (Å²) in [6, 6.07) is 22.3. The molecule has 0 radical (unpaired) electrons. The first-order valence-electron chi connectivity index (χ1n) is 11.2. The number of nitrogens with zero attached hydrogens (tertiary/aromatic N) is 3. The Bertz CT molecular complexity index is 1250. The summed E-state index contributed by atoms with van der Waals surface area (Å²) < 4.78 is 22.1. The van der Waals surface area contributed by atoms with Gasteiger partial charge in [-0.05, 0) is 59.5 Å². The molecule has 4 aromatic rings. The molecule has 1 aliphatic heterocycles. The van der Waals surface area contributed by atoms with E-state index in [1.807, 2.05) is 30.3 Å². The highest BCUT2D eigenvalue weighted by atomic mass is 16.5. The first-order valence-corrected chi connectivity index (χ1v) is 11.2. The number of benzene rings is 3. The molecule has 0 spiro atoms. The van der Waals surface area contributed by atoms with Crippen molar-refractivity contribution in [1.29, 1.82) is 0 Å². The number of aromatic nitrogens is 2. The van der Waals surface area contributed by atoms with E-state index in [4.69, 9.17) is 18.7 Å². The predicted octanol–water partition coefficient (Wildman–Crippen LogP) is 4.91. The van der Waals surface area contributed by atoms with E-state index in [0.717, 1.165) is 35.8 Å². The highest BCUT2D eigenvalue weighted by Gasteiger charge is 2.31. The van der Waals surface area contributed by atoms with Crippen LogP contribution >= 0.6 is 0 Å². The lowest BCUT2D eigenvalue weighted by Gasteiger charge is -2.37. The quantitative estimate of drug-likeness (QED) is 0.391. The summed E-state index contributed by atoms with van der Waals surface area (Å²) in [6.07, 6.45) is 0.887. The number of hydrogen-bond acceptors (Lipinski definition) is 7. The van der Waals surface area contributed by atoms with Crippen LogP contribution in [0.3, 0.4) is 0 Å². The van der Waals surface area contributed by atoms with Crippen molar-refractivity contribution in [3.05, 3.63) is 89.3 Å². The van der Waals surface area contributed by atoms with Gasteiger partial charge in [-0.3, -0.25) is 4.90 Å². The molecule has 174 valence electrons. The zero-order valence-corrected chi connectivity index (χ0v) is 19.5. The van der Waals surface area contributed by atoms with E-state index in [2.05, 4.69) is 51.4 Å². The van der Waals surface area contributed by atoms with Crippen LogP contribution in [0, 0.1) is 0 Å². The summed E-state index contributed by atoms with van der Waals surface area (Å²) in [6.45, 7) is 1.39. The van der Waals surface area contributed by atoms with Crippen LogP contribution in [0.25, 0.3) is 11.4 Å². The number of rotatable bonds is 7. The summed E-state index contributed by atoms with van der Waals surface area (Å²) in [5.74, 6) is 3.41. The van der Waals surface area contributed by atoms with Crippen LogP contribution in [-0.4, -0.2) is 42.9 Å². The molecule has 3 aromatic carbocycles. The van der Waals surface area contributed by atoms with E-state index in [9.17, 15) is 0 Å². The Kier molecular flexibility index (Phi) is 6.18. The Balaban J connectivity index is 1.47. The molecule has 0 aliphatic carbocycles. The van der Waals surface area contributed by atoms with Crippen LogP contribution in [0.4, 0.5) is 0 Å². The van der Waals surface area contributed by atoms with Crippen LogP contribution < -0.4 is 14.2 Å². The molecule has 7 nitrogen and oxygen atoms in total. The topological polar surface area (TPSA) is 69.9 Å². The monoisotopic (exact) mass is 457 g/mol. The highest BCUT2D eigenvalue weighted by Crippen LogP contribution is 2.41. The fourth-order valence-electron chi connectivity index (χ4n) is 4.54. The maximum atomic E-state index is 5.65. The van der Waals surface area contributed by atoms with Crippen LogP contribution in [-0.2, 0) is 13.0 Å². The number of ether oxygens (including phenoxy) is 3. The van der Waals surface area contributed by atoms with Crippen molar-refractivity contribution >= 4 is 0 Å².